The van der Waals surface area contributed by atoms with Gasteiger partial charge in [0.15, 0.2) is 11.5 Å². The van der Waals surface area contributed by atoms with E-state index in [1.165, 1.54) is 6.33 Å². The molecule has 1 saturated heterocycles. The van der Waals surface area contributed by atoms with Gasteiger partial charge in [0.05, 0.1) is 19.0 Å². The molecule has 1 fully saturated rings. The van der Waals surface area contributed by atoms with Crippen LogP contribution in [0.25, 0.3) is 11.2 Å². The molecule has 0 amide bonds. The summed E-state index contributed by atoms with van der Waals surface area (Å²) in [5, 5.41) is 18.8. The molecule has 3 rings (SSSR count). The first-order valence-electron chi connectivity index (χ1n) is 5.70. The van der Waals surface area contributed by atoms with Gasteiger partial charge in [0.2, 0.25) is 5.28 Å². The van der Waals surface area contributed by atoms with Gasteiger partial charge in [0, 0.05) is 6.42 Å². The van der Waals surface area contributed by atoms with Crippen molar-refractivity contribution in [3.63, 3.8) is 0 Å². The van der Waals surface area contributed by atoms with Gasteiger partial charge in [-0.2, -0.15) is 9.97 Å². The van der Waals surface area contributed by atoms with E-state index < -0.39 is 18.4 Å². The van der Waals surface area contributed by atoms with Crippen LogP contribution in [0.1, 0.15) is 12.6 Å². The van der Waals surface area contributed by atoms with Gasteiger partial charge in [0.25, 0.3) is 0 Å². The number of nitrogens with zero attached hydrogens (tertiary/aromatic N) is 4. The third-order valence-electron chi connectivity index (χ3n) is 3.12. The maximum Gasteiger partial charge on any atom is 0.226 e. The molecule has 102 valence electrons. The van der Waals surface area contributed by atoms with Gasteiger partial charge in [-0.25, -0.2) is 4.98 Å². The minimum absolute atomic E-state index is 0.0176. The predicted octanol–water partition coefficient (Wildman–Crippen LogP) is -0.297. The zero-order valence-electron chi connectivity index (χ0n) is 9.77. The molecule has 3 atom stereocenters. The quantitative estimate of drug-likeness (QED) is 0.648. The van der Waals surface area contributed by atoms with Crippen LogP contribution in [0.15, 0.2) is 6.33 Å². The summed E-state index contributed by atoms with van der Waals surface area (Å²) in [5.74, 6) is 0.186. The van der Waals surface area contributed by atoms with Gasteiger partial charge >= 0.3 is 0 Å². The third kappa shape index (κ3) is 2.02. The van der Waals surface area contributed by atoms with E-state index in [4.69, 9.17) is 27.2 Å². The highest BCUT2D eigenvalue weighted by Gasteiger charge is 2.35. The Labute approximate surface area is 112 Å². The lowest BCUT2D eigenvalue weighted by Gasteiger charge is -2.13. The molecule has 19 heavy (non-hydrogen) atoms. The number of aromatic nitrogens is 4. The van der Waals surface area contributed by atoms with Gasteiger partial charge in [0.1, 0.15) is 17.8 Å². The predicted molar refractivity (Wildman–Crippen MR) is 66.4 cm³/mol. The summed E-state index contributed by atoms with van der Waals surface area (Å²) in [5.41, 5.74) is 6.57. The van der Waals surface area contributed by atoms with Gasteiger partial charge < -0.3 is 20.7 Å². The Morgan fingerprint density at radius 3 is 3.00 bits per heavy atom. The van der Waals surface area contributed by atoms with Crippen molar-refractivity contribution in [2.75, 3.05) is 12.3 Å². The molecule has 1 aliphatic rings. The summed E-state index contributed by atoms with van der Waals surface area (Å²) in [6, 6.07) is 0. The van der Waals surface area contributed by atoms with Crippen molar-refractivity contribution in [3.8, 4) is 0 Å². The summed E-state index contributed by atoms with van der Waals surface area (Å²) < 4.78 is 7.16. The van der Waals surface area contributed by atoms with Crippen molar-refractivity contribution in [1.82, 2.24) is 19.5 Å². The van der Waals surface area contributed by atoms with Crippen molar-refractivity contribution in [1.29, 1.82) is 0 Å². The standard InChI is InChI=1S/C10H12ClN5O3/c11-10-14-8(12)7-9(15-10)16(3-13-7)6-1-4(18)5(2-17)19-6/h3-6,17-18H,1-2H2,(H2,12,14,15)/t4-,5-,6?/m1/s1. The second-order valence-electron chi connectivity index (χ2n) is 4.32. The molecule has 2 aromatic heterocycles. The van der Waals surface area contributed by atoms with Crippen LogP contribution in [0.2, 0.25) is 5.28 Å². The highest BCUT2D eigenvalue weighted by atomic mass is 35.5. The second-order valence-corrected chi connectivity index (χ2v) is 4.65. The van der Waals surface area contributed by atoms with Crippen molar-refractivity contribution in [3.05, 3.63) is 11.6 Å². The number of fused-ring (bicyclic) bond motifs is 1. The Morgan fingerprint density at radius 1 is 1.53 bits per heavy atom. The minimum Gasteiger partial charge on any atom is -0.394 e. The van der Waals surface area contributed by atoms with Crippen LogP contribution in [-0.2, 0) is 4.74 Å². The molecular weight excluding hydrogens is 274 g/mol. The fraction of sp³-hybridized carbons (Fsp3) is 0.500. The summed E-state index contributed by atoms with van der Waals surface area (Å²) >= 11 is 5.77. The lowest BCUT2D eigenvalue weighted by molar-refractivity contribution is -0.0432. The number of hydrogen-bond acceptors (Lipinski definition) is 7. The fourth-order valence-electron chi connectivity index (χ4n) is 2.17. The van der Waals surface area contributed by atoms with Crippen LogP contribution in [0, 0.1) is 0 Å². The summed E-state index contributed by atoms with van der Waals surface area (Å²) in [4.78, 5) is 12.0. The average molecular weight is 286 g/mol. The number of rotatable bonds is 2. The number of aliphatic hydroxyl groups is 2. The van der Waals surface area contributed by atoms with Gasteiger partial charge in [-0.05, 0) is 11.6 Å². The Hall–Kier alpha value is -1.48. The summed E-state index contributed by atoms with van der Waals surface area (Å²) in [6.45, 7) is -0.248. The SMILES string of the molecule is Nc1nc(Cl)nc2c1ncn2C1C[C@@H](O)[C@@H](CO)O1. The monoisotopic (exact) mass is 285 g/mol. The molecular formula is C10H12ClN5O3. The lowest BCUT2D eigenvalue weighted by atomic mass is 10.2. The minimum atomic E-state index is -0.734. The van der Waals surface area contributed by atoms with E-state index in [0.29, 0.717) is 17.6 Å². The van der Waals surface area contributed by atoms with E-state index >= 15 is 0 Å². The van der Waals surface area contributed by atoms with Crippen LogP contribution in [-0.4, -0.2) is 48.5 Å². The first kappa shape index (κ1) is 12.5. The molecule has 0 radical (unpaired) electrons. The highest BCUT2D eigenvalue weighted by molar-refractivity contribution is 6.28. The molecule has 0 aromatic carbocycles. The molecule has 3 heterocycles. The van der Waals surface area contributed by atoms with Crippen LogP contribution in [0.5, 0.6) is 0 Å². The van der Waals surface area contributed by atoms with Crippen molar-refractivity contribution in [2.45, 2.75) is 24.9 Å². The Kier molecular flexibility index (Phi) is 3.02. The topological polar surface area (TPSA) is 119 Å². The second kappa shape index (κ2) is 4.57. The number of nitrogen functional groups attached to an aromatic ring is 1. The molecule has 8 nitrogen and oxygen atoms in total. The number of anilines is 1. The molecule has 0 aliphatic carbocycles. The van der Waals surface area contributed by atoms with Crippen LogP contribution in [0.3, 0.4) is 0 Å². The lowest BCUT2D eigenvalue weighted by Crippen LogP contribution is -2.24. The number of ether oxygens (including phenoxy) is 1. The van der Waals surface area contributed by atoms with Crippen LogP contribution < -0.4 is 5.73 Å². The number of hydrogen-bond donors (Lipinski definition) is 3. The molecule has 0 spiro atoms. The number of halogens is 1. The summed E-state index contributed by atoms with van der Waals surface area (Å²) in [7, 11) is 0. The highest BCUT2D eigenvalue weighted by Crippen LogP contribution is 2.31. The van der Waals surface area contributed by atoms with Crippen molar-refractivity contribution >= 4 is 28.6 Å². The van der Waals surface area contributed by atoms with E-state index in [1.807, 2.05) is 0 Å². The Bertz CT molecular complexity index is 618. The van der Waals surface area contributed by atoms with Gasteiger partial charge in [-0.1, -0.05) is 0 Å². The first-order valence-corrected chi connectivity index (χ1v) is 6.08. The van der Waals surface area contributed by atoms with Gasteiger partial charge in [-0.15, -0.1) is 0 Å². The summed E-state index contributed by atoms with van der Waals surface area (Å²) in [6.07, 6.45) is 0.0169. The van der Waals surface area contributed by atoms with Crippen LogP contribution in [0.4, 0.5) is 5.82 Å². The number of aliphatic hydroxyl groups excluding tert-OH is 2. The largest absolute Gasteiger partial charge is 0.394 e. The van der Waals surface area contributed by atoms with E-state index in [-0.39, 0.29) is 17.7 Å². The molecule has 1 unspecified atom stereocenters. The van der Waals surface area contributed by atoms with Gasteiger partial charge in [-0.3, -0.25) is 4.57 Å². The molecule has 0 bridgehead atoms. The van der Waals surface area contributed by atoms with E-state index in [0.717, 1.165) is 0 Å². The van der Waals surface area contributed by atoms with Crippen molar-refractivity contribution < 1.29 is 14.9 Å². The molecule has 2 aromatic rings. The fourth-order valence-corrected chi connectivity index (χ4v) is 2.34. The Balaban J connectivity index is 2.02. The van der Waals surface area contributed by atoms with Crippen LogP contribution >= 0.6 is 11.6 Å². The number of imidazole rings is 1. The third-order valence-corrected chi connectivity index (χ3v) is 3.28. The Morgan fingerprint density at radius 2 is 2.32 bits per heavy atom. The smallest absolute Gasteiger partial charge is 0.226 e. The number of nitrogens with two attached hydrogens (primary N) is 1. The van der Waals surface area contributed by atoms with E-state index in [1.54, 1.807) is 4.57 Å². The van der Waals surface area contributed by atoms with E-state index in [2.05, 4.69) is 15.0 Å². The zero-order chi connectivity index (χ0) is 13.6. The maximum atomic E-state index is 9.74. The average Bonchev–Trinajstić information content (AvgIpc) is 2.92. The molecule has 0 saturated carbocycles. The molecule has 9 heteroatoms. The zero-order valence-corrected chi connectivity index (χ0v) is 10.5. The van der Waals surface area contributed by atoms with Crippen molar-refractivity contribution in [2.24, 2.45) is 0 Å². The first-order chi connectivity index (χ1) is 9.10. The molecule has 4 N–H and O–H groups in total. The maximum absolute atomic E-state index is 9.74. The normalized spacial score (nSPS) is 27.2. The van der Waals surface area contributed by atoms with E-state index in [9.17, 15) is 5.11 Å². The molecule has 1 aliphatic heterocycles.